The zero-order valence-electron chi connectivity index (χ0n) is 22.4. The molecule has 198 valence electrons. The molecule has 5 heteroatoms. The molecular formula is C36H29N5. The van der Waals surface area contributed by atoms with Crippen LogP contribution in [0.25, 0.3) is 0 Å². The van der Waals surface area contributed by atoms with Crippen LogP contribution < -0.4 is 16.0 Å². The normalized spacial score (nSPS) is 12.1. The first-order chi connectivity index (χ1) is 20.2. The summed E-state index contributed by atoms with van der Waals surface area (Å²) in [6.07, 6.45) is 7.95. The highest BCUT2D eigenvalue weighted by molar-refractivity contribution is 6.19. The second kappa shape index (κ2) is 12.5. The van der Waals surface area contributed by atoms with Crippen LogP contribution in [0.5, 0.6) is 0 Å². The molecule has 0 aromatic heterocycles. The Kier molecular flexibility index (Phi) is 7.77. The van der Waals surface area contributed by atoms with Gasteiger partial charge in [0.15, 0.2) is 0 Å². The number of allylic oxidation sites excluding steroid dienone is 4. The van der Waals surface area contributed by atoms with Crippen molar-refractivity contribution in [2.75, 3.05) is 16.0 Å². The summed E-state index contributed by atoms with van der Waals surface area (Å²) in [6, 6.07) is 44.7. The molecular weight excluding hydrogens is 502 g/mol. The van der Waals surface area contributed by atoms with E-state index in [1.807, 2.05) is 133 Å². The molecule has 6 rings (SSSR count). The van der Waals surface area contributed by atoms with Crippen LogP contribution in [0.2, 0.25) is 0 Å². The molecule has 0 amide bonds. The number of rotatable bonds is 8. The van der Waals surface area contributed by atoms with Gasteiger partial charge in [0.05, 0.1) is 22.8 Å². The monoisotopic (exact) mass is 531 g/mol. The third-order valence-electron chi connectivity index (χ3n) is 6.40. The van der Waals surface area contributed by atoms with Crippen molar-refractivity contribution in [3.63, 3.8) is 0 Å². The Labute approximate surface area is 240 Å². The molecule has 5 aromatic rings. The van der Waals surface area contributed by atoms with Crippen LogP contribution in [-0.2, 0) is 0 Å². The summed E-state index contributed by atoms with van der Waals surface area (Å²) in [5.74, 6) is 0. The summed E-state index contributed by atoms with van der Waals surface area (Å²) in [6.45, 7) is 0. The van der Waals surface area contributed by atoms with Gasteiger partial charge in [0.1, 0.15) is 0 Å². The van der Waals surface area contributed by atoms with E-state index in [4.69, 9.17) is 9.98 Å². The standard InChI is InChI=1S/C36H29N5/c1-3-7-27(8-4-1)37-29-11-15-31(16-12-29)39-33-19-23-35(24-20-33)41-36-25-21-34(22-26-36)40-32-17-13-30(14-18-32)38-28-9-5-2-6-10-28/h1-26,37-39H. The lowest BCUT2D eigenvalue weighted by molar-refractivity contribution is 1.48. The van der Waals surface area contributed by atoms with Gasteiger partial charge in [-0.2, -0.15) is 0 Å². The Balaban J connectivity index is 1.03. The van der Waals surface area contributed by atoms with Crippen LogP contribution in [0.1, 0.15) is 0 Å². The van der Waals surface area contributed by atoms with Gasteiger partial charge in [-0.05, 0) is 121 Å². The number of nitrogens with one attached hydrogen (secondary N) is 3. The van der Waals surface area contributed by atoms with E-state index in [2.05, 4.69) is 40.2 Å². The van der Waals surface area contributed by atoms with E-state index >= 15 is 0 Å². The average molecular weight is 532 g/mol. The molecule has 0 fully saturated rings. The van der Waals surface area contributed by atoms with E-state index < -0.39 is 0 Å². The molecule has 0 saturated heterocycles. The van der Waals surface area contributed by atoms with Crippen molar-refractivity contribution in [3.8, 4) is 0 Å². The first-order valence-electron chi connectivity index (χ1n) is 13.5. The lowest BCUT2D eigenvalue weighted by Crippen LogP contribution is -1.99. The highest BCUT2D eigenvalue weighted by Gasteiger charge is 2.02. The molecule has 41 heavy (non-hydrogen) atoms. The Hall–Kier alpha value is -5.68. The smallest absolute Gasteiger partial charge is 0.0638 e. The zero-order chi connectivity index (χ0) is 27.7. The lowest BCUT2D eigenvalue weighted by atomic mass is 10.1. The highest BCUT2D eigenvalue weighted by Crippen LogP contribution is 2.24. The van der Waals surface area contributed by atoms with E-state index in [0.29, 0.717) is 0 Å². The minimum absolute atomic E-state index is 0.883. The number of para-hydroxylation sites is 2. The third kappa shape index (κ3) is 7.25. The number of hydrogen-bond donors (Lipinski definition) is 3. The quantitative estimate of drug-likeness (QED) is 0.175. The second-order valence-corrected chi connectivity index (χ2v) is 9.52. The van der Waals surface area contributed by atoms with Gasteiger partial charge in [-0.1, -0.05) is 36.4 Å². The van der Waals surface area contributed by atoms with E-state index in [9.17, 15) is 0 Å². The summed E-state index contributed by atoms with van der Waals surface area (Å²) < 4.78 is 0. The first kappa shape index (κ1) is 25.6. The molecule has 0 heterocycles. The van der Waals surface area contributed by atoms with Crippen molar-refractivity contribution in [1.82, 2.24) is 0 Å². The summed E-state index contributed by atoms with van der Waals surface area (Å²) in [4.78, 5) is 9.49. The van der Waals surface area contributed by atoms with Gasteiger partial charge in [0, 0.05) is 34.1 Å². The van der Waals surface area contributed by atoms with Crippen LogP contribution in [0.15, 0.2) is 168 Å². The lowest BCUT2D eigenvalue weighted by Gasteiger charge is -2.10. The molecule has 0 unspecified atom stereocenters. The van der Waals surface area contributed by atoms with Gasteiger partial charge in [-0.15, -0.1) is 0 Å². The Morgan fingerprint density at radius 3 is 0.878 bits per heavy atom. The molecule has 0 bridgehead atoms. The number of hydrogen-bond acceptors (Lipinski definition) is 5. The molecule has 0 saturated carbocycles. The summed E-state index contributed by atoms with van der Waals surface area (Å²) >= 11 is 0. The van der Waals surface area contributed by atoms with Gasteiger partial charge < -0.3 is 16.0 Å². The predicted octanol–water partition coefficient (Wildman–Crippen LogP) is 9.89. The fourth-order valence-corrected chi connectivity index (χ4v) is 4.32. The summed E-state index contributed by atoms with van der Waals surface area (Å²) in [5.41, 5.74) is 9.79. The molecule has 3 N–H and O–H groups in total. The number of aliphatic imine (C=N–C) groups is 2. The minimum Gasteiger partial charge on any atom is -0.356 e. The molecule has 0 spiro atoms. The van der Waals surface area contributed by atoms with Gasteiger partial charge in [0.25, 0.3) is 0 Å². The van der Waals surface area contributed by atoms with Crippen LogP contribution in [0, 0.1) is 0 Å². The maximum Gasteiger partial charge on any atom is 0.0638 e. The van der Waals surface area contributed by atoms with Crippen molar-refractivity contribution in [2.45, 2.75) is 0 Å². The van der Waals surface area contributed by atoms with Crippen LogP contribution >= 0.6 is 0 Å². The van der Waals surface area contributed by atoms with Crippen molar-refractivity contribution < 1.29 is 0 Å². The van der Waals surface area contributed by atoms with Gasteiger partial charge >= 0.3 is 0 Å². The molecule has 1 aliphatic carbocycles. The first-order valence-corrected chi connectivity index (χ1v) is 13.5. The molecule has 1 aliphatic rings. The van der Waals surface area contributed by atoms with E-state index in [0.717, 1.165) is 56.9 Å². The van der Waals surface area contributed by atoms with Crippen molar-refractivity contribution in [3.05, 3.63) is 158 Å². The van der Waals surface area contributed by atoms with Gasteiger partial charge in [0.2, 0.25) is 0 Å². The third-order valence-corrected chi connectivity index (χ3v) is 6.40. The number of benzene rings is 5. The predicted molar refractivity (Wildman–Crippen MR) is 175 cm³/mol. The molecule has 0 radical (unpaired) electrons. The van der Waals surface area contributed by atoms with Gasteiger partial charge in [-0.3, -0.25) is 0 Å². The molecule has 0 atom stereocenters. The maximum atomic E-state index is 4.75. The minimum atomic E-state index is 0.883. The highest BCUT2D eigenvalue weighted by atomic mass is 14.9. The van der Waals surface area contributed by atoms with Crippen LogP contribution in [0.3, 0.4) is 0 Å². The van der Waals surface area contributed by atoms with Crippen LogP contribution in [0.4, 0.5) is 45.5 Å². The number of anilines is 6. The Morgan fingerprint density at radius 2 is 0.561 bits per heavy atom. The largest absolute Gasteiger partial charge is 0.356 e. The van der Waals surface area contributed by atoms with E-state index in [-0.39, 0.29) is 0 Å². The maximum absolute atomic E-state index is 4.75. The van der Waals surface area contributed by atoms with E-state index in [1.165, 1.54) is 0 Å². The van der Waals surface area contributed by atoms with Crippen molar-refractivity contribution in [2.24, 2.45) is 9.98 Å². The summed E-state index contributed by atoms with van der Waals surface area (Å²) in [7, 11) is 0. The van der Waals surface area contributed by atoms with E-state index in [1.54, 1.807) is 0 Å². The second-order valence-electron chi connectivity index (χ2n) is 9.52. The Bertz CT molecular complexity index is 1680. The average Bonchev–Trinajstić information content (AvgIpc) is 3.02. The molecule has 5 aromatic carbocycles. The Morgan fingerprint density at radius 1 is 0.293 bits per heavy atom. The van der Waals surface area contributed by atoms with Gasteiger partial charge in [-0.25, -0.2) is 9.98 Å². The van der Waals surface area contributed by atoms with Crippen LogP contribution in [-0.4, -0.2) is 11.4 Å². The fraction of sp³-hybridized carbons (Fsp3) is 0. The summed E-state index contributed by atoms with van der Waals surface area (Å²) in [5, 5.41) is 10.2. The SMILES string of the molecule is C1=CC(=Nc2ccc(Nc3ccc(Nc4ccccc4)cc3)cc2)C=CC1=Nc1ccc(Nc2ccccc2)cc1. The molecule has 5 nitrogen and oxygen atoms in total. The van der Waals surface area contributed by atoms with Crippen molar-refractivity contribution >= 4 is 56.9 Å². The zero-order valence-corrected chi connectivity index (χ0v) is 22.4. The van der Waals surface area contributed by atoms with Crippen molar-refractivity contribution in [1.29, 1.82) is 0 Å². The fourth-order valence-electron chi connectivity index (χ4n) is 4.32. The number of nitrogens with zero attached hydrogens (tertiary/aromatic N) is 2. The molecule has 0 aliphatic heterocycles. The topological polar surface area (TPSA) is 60.8 Å².